The molecule has 0 saturated carbocycles. The number of rotatable bonds is 6. The van der Waals surface area contributed by atoms with Gasteiger partial charge in [0.1, 0.15) is 13.1 Å². The summed E-state index contributed by atoms with van der Waals surface area (Å²) >= 11 is 4.82. The van der Waals surface area contributed by atoms with E-state index in [2.05, 4.69) is 20.1 Å². The number of hydrogen-bond donors (Lipinski definition) is 2. The van der Waals surface area contributed by atoms with Crippen LogP contribution in [0.1, 0.15) is 13.8 Å². The minimum atomic E-state index is -0.400. The van der Waals surface area contributed by atoms with E-state index in [0.29, 0.717) is 13.2 Å². The van der Waals surface area contributed by atoms with Gasteiger partial charge in [-0.3, -0.25) is 9.59 Å². The minimum absolute atomic E-state index is 0.0253. The molecular weight excluding hydrogens is 232 g/mol. The Balaban J connectivity index is 3.59. The van der Waals surface area contributed by atoms with Crippen molar-refractivity contribution in [2.45, 2.75) is 13.8 Å². The topological polar surface area (TPSA) is 76.7 Å². The fraction of sp³-hybridized carbons (Fsp3) is 0.667. The molecule has 0 spiro atoms. The summed E-state index contributed by atoms with van der Waals surface area (Å²) in [5.74, 6) is -0.800. The Morgan fingerprint density at radius 2 is 1.38 bits per heavy atom. The second-order valence-electron chi connectivity index (χ2n) is 2.65. The Morgan fingerprint density at radius 1 is 1.00 bits per heavy atom. The van der Waals surface area contributed by atoms with Gasteiger partial charge in [-0.25, -0.2) is 0 Å². The molecule has 6 nitrogen and oxygen atoms in total. The highest BCUT2D eigenvalue weighted by molar-refractivity contribution is 7.80. The van der Waals surface area contributed by atoms with Crippen molar-refractivity contribution in [1.82, 2.24) is 10.6 Å². The summed E-state index contributed by atoms with van der Waals surface area (Å²) < 4.78 is 9.35. The van der Waals surface area contributed by atoms with E-state index in [1.165, 1.54) is 0 Å². The zero-order valence-electron chi connectivity index (χ0n) is 9.37. The van der Waals surface area contributed by atoms with Crippen LogP contribution in [0.15, 0.2) is 0 Å². The average Bonchev–Trinajstić information content (AvgIpc) is 2.24. The second kappa shape index (κ2) is 8.90. The first-order chi connectivity index (χ1) is 7.60. The third-order valence-electron chi connectivity index (χ3n) is 1.40. The van der Waals surface area contributed by atoms with Gasteiger partial charge in [-0.2, -0.15) is 0 Å². The van der Waals surface area contributed by atoms with Crippen molar-refractivity contribution in [3.05, 3.63) is 0 Å². The van der Waals surface area contributed by atoms with E-state index in [-0.39, 0.29) is 18.2 Å². The van der Waals surface area contributed by atoms with Gasteiger partial charge in [-0.1, -0.05) is 0 Å². The van der Waals surface area contributed by atoms with E-state index < -0.39 is 11.9 Å². The largest absolute Gasteiger partial charge is 0.465 e. The molecule has 0 rings (SSSR count). The van der Waals surface area contributed by atoms with Gasteiger partial charge in [0.25, 0.3) is 0 Å². The summed E-state index contributed by atoms with van der Waals surface area (Å²) in [6.07, 6.45) is 0. The fourth-order valence-corrected chi connectivity index (χ4v) is 0.936. The average molecular weight is 248 g/mol. The van der Waals surface area contributed by atoms with Crippen molar-refractivity contribution in [1.29, 1.82) is 0 Å². The molecule has 0 aromatic rings. The Kier molecular flexibility index (Phi) is 8.14. The van der Waals surface area contributed by atoms with Gasteiger partial charge in [-0.15, -0.1) is 0 Å². The zero-order chi connectivity index (χ0) is 12.4. The van der Waals surface area contributed by atoms with E-state index in [4.69, 9.17) is 12.2 Å². The number of esters is 2. The molecule has 0 aliphatic carbocycles. The van der Waals surface area contributed by atoms with Gasteiger partial charge in [0.2, 0.25) is 0 Å². The molecule has 0 aromatic carbocycles. The summed E-state index contributed by atoms with van der Waals surface area (Å²) in [6, 6.07) is 0. The zero-order valence-corrected chi connectivity index (χ0v) is 10.2. The second-order valence-corrected chi connectivity index (χ2v) is 3.05. The van der Waals surface area contributed by atoms with Crippen LogP contribution in [0.5, 0.6) is 0 Å². The monoisotopic (exact) mass is 248 g/mol. The van der Waals surface area contributed by atoms with Gasteiger partial charge in [0.05, 0.1) is 13.2 Å². The lowest BCUT2D eigenvalue weighted by atomic mass is 10.6. The summed E-state index contributed by atoms with van der Waals surface area (Å²) in [4.78, 5) is 21.8. The van der Waals surface area contributed by atoms with Gasteiger partial charge in [0, 0.05) is 0 Å². The third-order valence-corrected chi connectivity index (χ3v) is 1.69. The van der Waals surface area contributed by atoms with Crippen LogP contribution in [-0.2, 0) is 19.1 Å². The lowest BCUT2D eigenvalue weighted by Crippen LogP contribution is -2.41. The maximum atomic E-state index is 10.9. The van der Waals surface area contributed by atoms with Crippen molar-refractivity contribution in [2.75, 3.05) is 26.3 Å². The van der Waals surface area contributed by atoms with Gasteiger partial charge in [0.15, 0.2) is 5.11 Å². The highest BCUT2D eigenvalue weighted by Gasteiger charge is 2.05. The van der Waals surface area contributed by atoms with Crippen LogP contribution in [-0.4, -0.2) is 43.4 Å². The highest BCUT2D eigenvalue weighted by Crippen LogP contribution is 1.78. The summed E-state index contributed by atoms with van der Waals surface area (Å²) in [7, 11) is 0. The van der Waals surface area contributed by atoms with Crippen molar-refractivity contribution in [3.8, 4) is 0 Å². The summed E-state index contributed by atoms with van der Waals surface area (Å²) in [5.41, 5.74) is 0. The van der Waals surface area contributed by atoms with Crippen LogP contribution in [0.4, 0.5) is 0 Å². The molecule has 0 bridgehead atoms. The third kappa shape index (κ3) is 7.98. The molecule has 0 saturated heterocycles. The van der Waals surface area contributed by atoms with E-state index >= 15 is 0 Å². The van der Waals surface area contributed by atoms with E-state index in [1.54, 1.807) is 13.8 Å². The molecule has 2 N–H and O–H groups in total. The predicted octanol–water partition coefficient (Wildman–Crippen LogP) is -0.423. The molecular formula is C9H16N2O4S. The molecule has 92 valence electrons. The molecule has 0 fully saturated rings. The van der Waals surface area contributed by atoms with Crippen molar-refractivity contribution < 1.29 is 19.1 Å². The number of carbonyl (C=O) groups is 2. The van der Waals surface area contributed by atoms with Gasteiger partial charge in [-0.05, 0) is 26.1 Å². The molecule has 0 amide bonds. The minimum Gasteiger partial charge on any atom is -0.465 e. The quantitative estimate of drug-likeness (QED) is 0.488. The van der Waals surface area contributed by atoms with Crippen molar-refractivity contribution in [3.63, 3.8) is 0 Å². The Morgan fingerprint density at radius 3 is 1.69 bits per heavy atom. The molecule has 16 heavy (non-hydrogen) atoms. The first kappa shape index (κ1) is 14.6. The maximum absolute atomic E-state index is 10.9. The number of carbonyl (C=O) groups excluding carboxylic acids is 2. The molecule has 0 heterocycles. The Bertz CT molecular complexity index is 234. The number of ether oxygens (including phenoxy) is 2. The van der Waals surface area contributed by atoms with Gasteiger partial charge >= 0.3 is 11.9 Å². The molecule has 0 atom stereocenters. The smallest absolute Gasteiger partial charge is 0.325 e. The number of hydrogen-bond acceptors (Lipinski definition) is 5. The lowest BCUT2D eigenvalue weighted by Gasteiger charge is -2.09. The van der Waals surface area contributed by atoms with Crippen LogP contribution >= 0.6 is 12.2 Å². The molecule has 0 aromatic heterocycles. The Labute approximate surface area is 99.7 Å². The van der Waals surface area contributed by atoms with Crippen LogP contribution < -0.4 is 10.6 Å². The highest BCUT2D eigenvalue weighted by atomic mass is 32.1. The SMILES string of the molecule is CCOC(=O)CNC(=S)NCC(=O)OCC. The first-order valence-electron chi connectivity index (χ1n) is 4.93. The van der Waals surface area contributed by atoms with Crippen LogP contribution in [0.2, 0.25) is 0 Å². The fourth-order valence-electron chi connectivity index (χ4n) is 0.791. The van der Waals surface area contributed by atoms with Crippen molar-refractivity contribution >= 4 is 29.3 Å². The predicted molar refractivity (Wildman–Crippen MR) is 61.9 cm³/mol. The number of thiocarbonyl (C=S) groups is 1. The van der Waals surface area contributed by atoms with E-state index in [9.17, 15) is 9.59 Å². The molecule has 0 aliphatic rings. The maximum Gasteiger partial charge on any atom is 0.325 e. The number of nitrogens with one attached hydrogen (secondary N) is 2. The lowest BCUT2D eigenvalue weighted by molar-refractivity contribution is -0.142. The first-order valence-corrected chi connectivity index (χ1v) is 5.33. The molecule has 0 unspecified atom stereocenters. The van der Waals surface area contributed by atoms with E-state index in [1.807, 2.05) is 0 Å². The molecule has 0 radical (unpaired) electrons. The van der Waals surface area contributed by atoms with E-state index in [0.717, 1.165) is 0 Å². The normalized spacial score (nSPS) is 9.12. The van der Waals surface area contributed by atoms with Crippen LogP contribution in [0, 0.1) is 0 Å². The Hall–Kier alpha value is -1.37. The molecule has 0 aliphatic heterocycles. The standard InChI is InChI=1S/C9H16N2O4S/c1-3-14-7(12)5-10-9(16)11-6-8(13)15-4-2/h3-6H2,1-2H3,(H2,10,11,16). The van der Waals surface area contributed by atoms with Crippen LogP contribution in [0.25, 0.3) is 0 Å². The molecule has 7 heteroatoms. The van der Waals surface area contributed by atoms with Crippen LogP contribution in [0.3, 0.4) is 0 Å². The summed E-state index contributed by atoms with van der Waals surface area (Å²) in [6.45, 7) is 4.03. The summed E-state index contributed by atoms with van der Waals surface area (Å²) in [5, 5.41) is 5.41. The van der Waals surface area contributed by atoms with Crippen molar-refractivity contribution in [2.24, 2.45) is 0 Å². The van der Waals surface area contributed by atoms with Gasteiger partial charge < -0.3 is 20.1 Å².